The fraction of sp³-hybridized carbons (Fsp3) is 0.294. The lowest BCUT2D eigenvalue weighted by atomic mass is 10.3. The molecule has 3 aromatic rings. The van der Waals surface area contributed by atoms with Crippen molar-refractivity contribution in [3.8, 4) is 11.9 Å². The van der Waals surface area contributed by atoms with Crippen LogP contribution in [0.4, 0.5) is 11.6 Å². The van der Waals surface area contributed by atoms with Gasteiger partial charge in [-0.05, 0) is 25.1 Å². The van der Waals surface area contributed by atoms with Crippen molar-refractivity contribution in [2.75, 3.05) is 36.0 Å². The van der Waals surface area contributed by atoms with Crippen molar-refractivity contribution in [2.45, 2.75) is 6.92 Å². The maximum absolute atomic E-state index is 9.19. The molecule has 0 N–H and O–H groups in total. The Labute approximate surface area is 150 Å². The molecule has 9 nitrogen and oxygen atoms in total. The van der Waals surface area contributed by atoms with Gasteiger partial charge in [-0.3, -0.25) is 0 Å². The number of aryl methyl sites for hydroxylation is 1. The molecule has 0 amide bonds. The van der Waals surface area contributed by atoms with Gasteiger partial charge in [0.05, 0.1) is 5.69 Å². The molecular formula is C17H17N9. The molecule has 1 fully saturated rings. The second kappa shape index (κ2) is 6.76. The van der Waals surface area contributed by atoms with Gasteiger partial charge in [-0.2, -0.15) is 10.4 Å². The Balaban J connectivity index is 1.44. The van der Waals surface area contributed by atoms with Gasteiger partial charge in [-0.15, -0.1) is 10.2 Å². The average Bonchev–Trinajstić information content (AvgIpc) is 3.14. The van der Waals surface area contributed by atoms with Gasteiger partial charge in [0.2, 0.25) is 0 Å². The van der Waals surface area contributed by atoms with Crippen molar-refractivity contribution in [1.29, 1.82) is 5.26 Å². The summed E-state index contributed by atoms with van der Waals surface area (Å²) < 4.78 is 1.71. The molecule has 0 unspecified atom stereocenters. The molecule has 0 aliphatic carbocycles. The summed E-state index contributed by atoms with van der Waals surface area (Å²) in [5, 5.41) is 22.1. The number of nitrogens with zero attached hydrogens (tertiary/aromatic N) is 9. The number of aromatic nitrogens is 6. The zero-order valence-corrected chi connectivity index (χ0v) is 14.3. The third-order valence-corrected chi connectivity index (χ3v) is 4.28. The number of anilines is 2. The van der Waals surface area contributed by atoms with Gasteiger partial charge in [-0.25, -0.2) is 14.6 Å². The molecule has 130 valence electrons. The van der Waals surface area contributed by atoms with Gasteiger partial charge in [0.15, 0.2) is 23.1 Å². The zero-order chi connectivity index (χ0) is 17.9. The van der Waals surface area contributed by atoms with Crippen molar-refractivity contribution in [1.82, 2.24) is 29.9 Å². The molecular weight excluding hydrogens is 330 g/mol. The normalized spacial score (nSPS) is 14.3. The summed E-state index contributed by atoms with van der Waals surface area (Å²) in [6, 6.07) is 7.90. The molecule has 4 rings (SSSR count). The maximum Gasteiger partial charge on any atom is 0.183 e. The predicted molar refractivity (Wildman–Crippen MR) is 95.1 cm³/mol. The van der Waals surface area contributed by atoms with Crippen LogP contribution in [0, 0.1) is 18.3 Å². The zero-order valence-electron chi connectivity index (χ0n) is 14.3. The van der Waals surface area contributed by atoms with E-state index in [0.717, 1.165) is 37.7 Å². The first kappa shape index (κ1) is 16.0. The minimum Gasteiger partial charge on any atom is -0.352 e. The molecule has 0 atom stereocenters. The van der Waals surface area contributed by atoms with E-state index < -0.39 is 0 Å². The minimum atomic E-state index is 0.361. The molecule has 0 saturated carbocycles. The number of hydrogen-bond acceptors (Lipinski definition) is 8. The lowest BCUT2D eigenvalue weighted by molar-refractivity contribution is 0.635. The van der Waals surface area contributed by atoms with E-state index in [0.29, 0.717) is 17.3 Å². The Hall–Kier alpha value is -3.54. The first-order valence-electron chi connectivity index (χ1n) is 8.32. The Morgan fingerprint density at radius 2 is 1.62 bits per heavy atom. The summed E-state index contributed by atoms with van der Waals surface area (Å²) in [7, 11) is 0. The van der Waals surface area contributed by atoms with E-state index in [2.05, 4.69) is 41.1 Å². The highest BCUT2D eigenvalue weighted by Gasteiger charge is 2.21. The summed E-state index contributed by atoms with van der Waals surface area (Å²) in [5.74, 6) is 2.17. The van der Waals surface area contributed by atoms with Crippen LogP contribution in [0.1, 0.15) is 11.4 Å². The highest BCUT2D eigenvalue weighted by molar-refractivity contribution is 5.51. The van der Waals surface area contributed by atoms with Gasteiger partial charge in [0.1, 0.15) is 6.07 Å². The molecule has 0 spiro atoms. The average molecular weight is 347 g/mol. The summed E-state index contributed by atoms with van der Waals surface area (Å²) in [6.45, 7) is 4.98. The molecule has 1 saturated heterocycles. The fourth-order valence-electron chi connectivity index (χ4n) is 2.94. The van der Waals surface area contributed by atoms with Crippen LogP contribution in [0.3, 0.4) is 0 Å². The Morgan fingerprint density at radius 3 is 2.27 bits per heavy atom. The van der Waals surface area contributed by atoms with Crippen LogP contribution in [0.2, 0.25) is 0 Å². The SMILES string of the molecule is Cc1ccn(-c2ccc(N3CCN(c4nccnc4C#N)CC3)nn2)n1. The molecule has 9 heteroatoms. The first-order valence-corrected chi connectivity index (χ1v) is 8.32. The molecule has 1 aliphatic heterocycles. The standard InChI is InChI=1S/C17H17N9/c1-13-4-7-26(23-13)16-3-2-15(21-22-16)24-8-10-25(11-9-24)17-14(12-18)19-5-6-20-17/h2-7H,8-11H2,1H3. The quantitative estimate of drug-likeness (QED) is 0.691. The third-order valence-electron chi connectivity index (χ3n) is 4.28. The van der Waals surface area contributed by atoms with E-state index in [1.807, 2.05) is 31.3 Å². The predicted octanol–water partition coefficient (Wildman–Crippen LogP) is 0.959. The number of rotatable bonds is 3. The van der Waals surface area contributed by atoms with Gasteiger partial charge in [-0.1, -0.05) is 0 Å². The Kier molecular flexibility index (Phi) is 4.15. The van der Waals surface area contributed by atoms with Crippen LogP contribution >= 0.6 is 0 Å². The van der Waals surface area contributed by atoms with Crippen LogP contribution in [0.15, 0.2) is 36.8 Å². The molecule has 4 heterocycles. The van der Waals surface area contributed by atoms with Crippen LogP contribution in [-0.4, -0.2) is 56.1 Å². The highest BCUT2D eigenvalue weighted by Crippen LogP contribution is 2.19. The summed E-state index contributed by atoms with van der Waals surface area (Å²) in [4.78, 5) is 12.6. The molecule has 1 aliphatic rings. The van der Waals surface area contributed by atoms with Crippen molar-refractivity contribution in [2.24, 2.45) is 0 Å². The monoisotopic (exact) mass is 347 g/mol. The topological polar surface area (TPSA) is 99.7 Å². The van der Waals surface area contributed by atoms with E-state index in [9.17, 15) is 5.26 Å². The molecule has 26 heavy (non-hydrogen) atoms. The largest absolute Gasteiger partial charge is 0.352 e. The van der Waals surface area contributed by atoms with E-state index >= 15 is 0 Å². The van der Waals surface area contributed by atoms with E-state index in [4.69, 9.17) is 0 Å². The van der Waals surface area contributed by atoms with Crippen molar-refractivity contribution in [3.63, 3.8) is 0 Å². The fourth-order valence-corrected chi connectivity index (χ4v) is 2.94. The number of nitriles is 1. The van der Waals surface area contributed by atoms with Crippen molar-refractivity contribution in [3.05, 3.63) is 48.2 Å². The maximum atomic E-state index is 9.19. The lowest BCUT2D eigenvalue weighted by Gasteiger charge is -2.35. The molecule has 0 aromatic carbocycles. The lowest BCUT2D eigenvalue weighted by Crippen LogP contribution is -2.47. The van der Waals surface area contributed by atoms with E-state index in [-0.39, 0.29) is 0 Å². The molecule has 0 bridgehead atoms. The number of piperazine rings is 1. The molecule has 0 radical (unpaired) electrons. The van der Waals surface area contributed by atoms with Gasteiger partial charge < -0.3 is 9.80 Å². The van der Waals surface area contributed by atoms with Gasteiger partial charge in [0, 0.05) is 44.8 Å². The van der Waals surface area contributed by atoms with Crippen molar-refractivity contribution >= 4 is 11.6 Å². The smallest absolute Gasteiger partial charge is 0.183 e. The summed E-state index contributed by atoms with van der Waals surface area (Å²) in [5.41, 5.74) is 1.30. The first-order chi connectivity index (χ1) is 12.7. The highest BCUT2D eigenvalue weighted by atomic mass is 15.4. The Bertz CT molecular complexity index is 933. The Morgan fingerprint density at radius 1 is 0.923 bits per heavy atom. The summed E-state index contributed by atoms with van der Waals surface area (Å²) >= 11 is 0. The molecule has 3 aromatic heterocycles. The minimum absolute atomic E-state index is 0.361. The third kappa shape index (κ3) is 3.04. The van der Waals surface area contributed by atoms with Crippen LogP contribution in [0.5, 0.6) is 0 Å². The second-order valence-corrected chi connectivity index (χ2v) is 5.97. The van der Waals surface area contributed by atoms with Crippen LogP contribution < -0.4 is 9.80 Å². The van der Waals surface area contributed by atoms with Crippen LogP contribution in [0.25, 0.3) is 5.82 Å². The van der Waals surface area contributed by atoms with E-state index in [1.54, 1.807) is 10.9 Å². The van der Waals surface area contributed by atoms with Crippen LogP contribution in [-0.2, 0) is 0 Å². The second-order valence-electron chi connectivity index (χ2n) is 5.97. The van der Waals surface area contributed by atoms with Gasteiger partial charge in [0.25, 0.3) is 0 Å². The van der Waals surface area contributed by atoms with Gasteiger partial charge >= 0.3 is 0 Å². The van der Waals surface area contributed by atoms with E-state index in [1.165, 1.54) is 6.20 Å². The number of hydrogen-bond donors (Lipinski definition) is 0. The summed E-state index contributed by atoms with van der Waals surface area (Å²) in [6.07, 6.45) is 5.02. The van der Waals surface area contributed by atoms with Crippen molar-refractivity contribution < 1.29 is 0 Å².